The molecular weight excluding hydrogens is 516 g/mol. The summed E-state index contributed by atoms with van der Waals surface area (Å²) in [6.07, 6.45) is 16.5. The zero-order valence-electron chi connectivity index (χ0n) is 24.3. The van der Waals surface area contributed by atoms with Crippen molar-refractivity contribution < 1.29 is 0 Å². The standard InChI is InChI=1S/C16H10.3C9H8/c1-3-11-7-9-13-5-2-6-14-10-8-12(4-1)15(11)16(13)14;3*1-2-5-9-7-3-6-8(9)4-1/h1-10H;3*1-6H,7H2. The SMILES string of the molecule is C1=Cc2ccccc2C1.C1=Cc2ccccc2C1.C1=Cc2ccccc2C1.c1cc2ccc3cccc4ccc(c1)c2c34. The van der Waals surface area contributed by atoms with E-state index in [1.165, 1.54) is 65.7 Å². The third kappa shape index (κ3) is 5.78. The Morgan fingerprint density at radius 3 is 0.884 bits per heavy atom. The number of hydrogen-bond donors (Lipinski definition) is 0. The number of hydrogen-bond acceptors (Lipinski definition) is 0. The smallest absolute Gasteiger partial charge is 0.00268 e. The van der Waals surface area contributed by atoms with E-state index in [9.17, 15) is 0 Å². The first-order valence-electron chi connectivity index (χ1n) is 15.2. The van der Waals surface area contributed by atoms with Crippen LogP contribution in [-0.4, -0.2) is 0 Å². The minimum Gasteiger partial charge on any atom is -0.0795 e. The molecule has 0 spiro atoms. The largest absolute Gasteiger partial charge is 0.0795 e. The lowest BCUT2D eigenvalue weighted by Crippen LogP contribution is -1.82. The molecule has 43 heavy (non-hydrogen) atoms. The van der Waals surface area contributed by atoms with Crippen LogP contribution in [0.1, 0.15) is 33.4 Å². The molecule has 0 atom stereocenters. The predicted molar refractivity (Wildman–Crippen MR) is 188 cm³/mol. The van der Waals surface area contributed by atoms with Crippen molar-refractivity contribution in [2.75, 3.05) is 0 Å². The van der Waals surface area contributed by atoms with Gasteiger partial charge >= 0.3 is 0 Å². The van der Waals surface area contributed by atoms with Crippen LogP contribution in [-0.2, 0) is 19.3 Å². The molecule has 7 aromatic rings. The molecule has 0 radical (unpaired) electrons. The van der Waals surface area contributed by atoms with Crippen LogP contribution in [0.25, 0.3) is 50.5 Å². The van der Waals surface area contributed by atoms with Crippen LogP contribution in [0.5, 0.6) is 0 Å². The van der Waals surface area contributed by atoms with Crippen LogP contribution in [0.3, 0.4) is 0 Å². The van der Waals surface area contributed by atoms with Gasteiger partial charge in [-0.2, -0.15) is 0 Å². The Labute approximate surface area is 254 Å². The van der Waals surface area contributed by atoms with Crippen LogP contribution in [0, 0.1) is 0 Å². The van der Waals surface area contributed by atoms with Gasteiger partial charge in [0, 0.05) is 0 Å². The summed E-state index contributed by atoms with van der Waals surface area (Å²) in [4.78, 5) is 0. The molecule has 10 rings (SSSR count). The van der Waals surface area contributed by atoms with Gasteiger partial charge in [-0.05, 0) is 85.0 Å². The van der Waals surface area contributed by atoms with Crippen molar-refractivity contribution in [3.8, 4) is 0 Å². The van der Waals surface area contributed by atoms with Gasteiger partial charge in [-0.25, -0.2) is 0 Å². The fourth-order valence-corrected chi connectivity index (χ4v) is 6.26. The Morgan fingerprint density at radius 2 is 0.581 bits per heavy atom. The van der Waals surface area contributed by atoms with E-state index in [0.717, 1.165) is 19.3 Å². The van der Waals surface area contributed by atoms with Crippen LogP contribution < -0.4 is 0 Å². The van der Waals surface area contributed by atoms with Gasteiger partial charge in [0.25, 0.3) is 0 Å². The van der Waals surface area contributed by atoms with Gasteiger partial charge in [-0.3, -0.25) is 0 Å². The second-order valence-electron chi connectivity index (χ2n) is 11.2. The molecule has 0 aromatic heterocycles. The molecule has 0 heteroatoms. The highest BCUT2D eigenvalue weighted by molar-refractivity contribution is 6.22. The quantitative estimate of drug-likeness (QED) is 0.165. The Kier molecular flexibility index (Phi) is 7.66. The van der Waals surface area contributed by atoms with Crippen molar-refractivity contribution in [3.05, 3.63) is 185 Å². The third-order valence-electron chi connectivity index (χ3n) is 8.46. The summed E-state index contributed by atoms with van der Waals surface area (Å²) in [7, 11) is 0. The summed E-state index contributed by atoms with van der Waals surface area (Å²) in [5, 5.41) is 8.14. The third-order valence-corrected chi connectivity index (χ3v) is 8.46. The lowest BCUT2D eigenvalue weighted by atomic mass is 9.95. The molecule has 0 nitrogen and oxygen atoms in total. The Bertz CT molecular complexity index is 1840. The highest BCUT2D eigenvalue weighted by Crippen LogP contribution is 2.33. The van der Waals surface area contributed by atoms with Crippen molar-refractivity contribution >= 4 is 50.5 Å². The molecule has 0 aliphatic heterocycles. The fourth-order valence-electron chi connectivity index (χ4n) is 6.26. The lowest BCUT2D eigenvalue weighted by Gasteiger charge is -2.09. The van der Waals surface area contributed by atoms with E-state index in [4.69, 9.17) is 0 Å². The van der Waals surface area contributed by atoms with Crippen LogP contribution in [0.2, 0.25) is 0 Å². The van der Waals surface area contributed by atoms with Crippen molar-refractivity contribution in [2.45, 2.75) is 19.3 Å². The molecule has 0 amide bonds. The first-order valence-corrected chi connectivity index (χ1v) is 15.2. The van der Waals surface area contributed by atoms with E-state index >= 15 is 0 Å². The number of fused-ring (bicyclic) bond motifs is 3. The number of allylic oxidation sites excluding steroid dienone is 3. The maximum atomic E-state index is 2.21. The monoisotopic (exact) mass is 550 g/mol. The zero-order chi connectivity index (χ0) is 28.8. The van der Waals surface area contributed by atoms with E-state index in [0.29, 0.717) is 0 Å². The zero-order valence-corrected chi connectivity index (χ0v) is 24.3. The van der Waals surface area contributed by atoms with E-state index < -0.39 is 0 Å². The minimum atomic E-state index is 1.12. The molecule has 0 heterocycles. The molecule has 3 aliphatic carbocycles. The first-order chi connectivity index (χ1) is 21.3. The maximum absolute atomic E-state index is 2.21. The molecule has 0 unspecified atom stereocenters. The van der Waals surface area contributed by atoms with Crippen LogP contribution in [0.4, 0.5) is 0 Å². The number of rotatable bonds is 0. The lowest BCUT2D eigenvalue weighted by molar-refractivity contribution is 1.31. The molecule has 0 saturated carbocycles. The predicted octanol–water partition coefficient (Wildman–Crippen LogP) is 11.4. The second kappa shape index (κ2) is 12.3. The van der Waals surface area contributed by atoms with Crippen molar-refractivity contribution in [2.24, 2.45) is 0 Å². The van der Waals surface area contributed by atoms with Crippen molar-refractivity contribution in [1.82, 2.24) is 0 Å². The van der Waals surface area contributed by atoms with Gasteiger partial charge < -0.3 is 0 Å². The fraction of sp³-hybridized carbons (Fsp3) is 0.0698. The summed E-state index contributed by atoms with van der Waals surface area (Å²) in [6.45, 7) is 0. The Balaban J connectivity index is 0.0000000971. The molecular formula is C43H34. The second-order valence-corrected chi connectivity index (χ2v) is 11.2. The van der Waals surface area contributed by atoms with Crippen LogP contribution in [0.15, 0.2) is 152 Å². The van der Waals surface area contributed by atoms with E-state index in [2.05, 4.69) is 170 Å². The molecule has 0 fully saturated rings. The molecule has 0 N–H and O–H groups in total. The molecule has 206 valence electrons. The van der Waals surface area contributed by atoms with E-state index in [-0.39, 0.29) is 0 Å². The molecule has 7 aromatic carbocycles. The highest BCUT2D eigenvalue weighted by atomic mass is 14.1. The summed E-state index contributed by atoms with van der Waals surface area (Å²) in [5.41, 5.74) is 8.53. The van der Waals surface area contributed by atoms with Crippen molar-refractivity contribution in [3.63, 3.8) is 0 Å². The molecule has 0 saturated heterocycles. The minimum absolute atomic E-state index is 1.12. The molecule has 3 aliphatic rings. The van der Waals surface area contributed by atoms with Crippen LogP contribution >= 0.6 is 0 Å². The Hall–Kier alpha value is -5.20. The highest BCUT2D eigenvalue weighted by Gasteiger charge is 2.06. The van der Waals surface area contributed by atoms with Gasteiger partial charge in [0.05, 0.1) is 0 Å². The summed E-state index contributed by atoms with van der Waals surface area (Å²) < 4.78 is 0. The van der Waals surface area contributed by atoms with Gasteiger partial charge in [0.15, 0.2) is 0 Å². The number of benzene rings is 7. The topological polar surface area (TPSA) is 0 Å². The summed E-state index contributed by atoms with van der Waals surface area (Å²) in [6, 6.07) is 47.3. The average Bonchev–Trinajstić information content (AvgIpc) is 3.86. The normalized spacial score (nSPS) is 13.0. The van der Waals surface area contributed by atoms with Gasteiger partial charge in [-0.1, -0.05) is 170 Å². The summed E-state index contributed by atoms with van der Waals surface area (Å²) >= 11 is 0. The van der Waals surface area contributed by atoms with Crippen molar-refractivity contribution in [1.29, 1.82) is 0 Å². The van der Waals surface area contributed by atoms with E-state index in [1.807, 2.05) is 0 Å². The maximum Gasteiger partial charge on any atom is -0.00268 e. The van der Waals surface area contributed by atoms with Gasteiger partial charge in [-0.15, -0.1) is 0 Å². The van der Waals surface area contributed by atoms with Gasteiger partial charge in [0.2, 0.25) is 0 Å². The first kappa shape index (κ1) is 26.7. The summed E-state index contributed by atoms with van der Waals surface area (Å²) in [5.74, 6) is 0. The average molecular weight is 551 g/mol. The molecule has 0 bridgehead atoms. The van der Waals surface area contributed by atoms with Gasteiger partial charge in [0.1, 0.15) is 0 Å². The van der Waals surface area contributed by atoms with E-state index in [1.54, 1.807) is 0 Å². The Morgan fingerprint density at radius 1 is 0.279 bits per heavy atom.